The second-order valence-electron chi connectivity index (χ2n) is 7.38. The lowest BCUT2D eigenvalue weighted by Gasteiger charge is -2.21. The molecule has 2 fully saturated rings. The van der Waals surface area contributed by atoms with Crippen molar-refractivity contribution in [1.82, 2.24) is 9.80 Å². The Morgan fingerprint density at radius 2 is 1.38 bits per heavy atom. The summed E-state index contributed by atoms with van der Waals surface area (Å²) in [6.07, 6.45) is 1.08. The van der Waals surface area contributed by atoms with E-state index in [0.29, 0.717) is 5.75 Å². The molecule has 1 N–H and O–H groups in total. The first-order valence-electron chi connectivity index (χ1n) is 9.03. The van der Waals surface area contributed by atoms with E-state index in [1.807, 2.05) is 12.1 Å². The summed E-state index contributed by atoms with van der Waals surface area (Å²) in [5.41, 5.74) is 2.75. The second-order valence-corrected chi connectivity index (χ2v) is 7.38. The highest BCUT2D eigenvalue weighted by Crippen LogP contribution is 2.31. The number of rotatable bonds is 5. The van der Waals surface area contributed by atoms with Crippen molar-refractivity contribution in [1.29, 1.82) is 0 Å². The van der Waals surface area contributed by atoms with Gasteiger partial charge >= 0.3 is 0 Å². The molecule has 2 aliphatic heterocycles. The number of hydrogen-bond acceptors (Lipinski definition) is 3. The minimum Gasteiger partial charge on any atom is -0.508 e. The van der Waals surface area contributed by atoms with Crippen molar-refractivity contribution >= 4 is 0 Å². The number of fused-ring (bicyclic) bond motifs is 1. The van der Waals surface area contributed by atoms with Gasteiger partial charge in [0.1, 0.15) is 5.75 Å². The third kappa shape index (κ3) is 3.63. The molecule has 2 saturated heterocycles. The Morgan fingerprint density at radius 1 is 0.750 bits per heavy atom. The molecule has 2 aromatic carbocycles. The molecule has 2 atom stereocenters. The van der Waals surface area contributed by atoms with E-state index >= 15 is 0 Å². The molecule has 0 spiro atoms. The van der Waals surface area contributed by atoms with Crippen molar-refractivity contribution in [2.24, 2.45) is 11.8 Å². The molecular formula is C21H26N2O. The fraction of sp³-hybridized carbons (Fsp3) is 0.429. The molecule has 0 bridgehead atoms. The summed E-state index contributed by atoms with van der Waals surface area (Å²) in [7, 11) is 0. The lowest BCUT2D eigenvalue weighted by molar-refractivity contribution is 0.252. The molecule has 126 valence electrons. The molecule has 0 saturated carbocycles. The molecular weight excluding hydrogens is 296 g/mol. The molecule has 24 heavy (non-hydrogen) atoms. The van der Waals surface area contributed by atoms with Crippen LogP contribution in [-0.4, -0.2) is 47.6 Å². The standard InChI is InChI=1S/C21H26N2O/c24-21-8-6-17(7-9-21)10-11-22-13-19-15-23(16-20(19)14-22)12-18-4-2-1-3-5-18/h1-9,19-20,24H,10-16H2/t19-,20+. The molecule has 2 aromatic rings. The fourth-order valence-electron chi connectivity index (χ4n) is 4.29. The van der Waals surface area contributed by atoms with Gasteiger partial charge in [-0.1, -0.05) is 42.5 Å². The highest BCUT2D eigenvalue weighted by atomic mass is 16.3. The quantitative estimate of drug-likeness (QED) is 0.917. The minimum absolute atomic E-state index is 0.355. The summed E-state index contributed by atoms with van der Waals surface area (Å²) in [5.74, 6) is 2.04. The monoisotopic (exact) mass is 322 g/mol. The van der Waals surface area contributed by atoms with E-state index in [1.165, 1.54) is 37.3 Å². The summed E-state index contributed by atoms with van der Waals surface area (Å²) >= 11 is 0. The lowest BCUT2D eigenvalue weighted by Crippen LogP contribution is -2.30. The maximum Gasteiger partial charge on any atom is 0.115 e. The van der Waals surface area contributed by atoms with E-state index in [1.54, 1.807) is 12.1 Å². The number of phenolic OH excluding ortho intramolecular Hbond substituents is 1. The number of phenols is 1. The van der Waals surface area contributed by atoms with Crippen LogP contribution in [0.3, 0.4) is 0 Å². The van der Waals surface area contributed by atoms with E-state index < -0.39 is 0 Å². The van der Waals surface area contributed by atoms with Crippen LogP contribution in [0.15, 0.2) is 54.6 Å². The highest BCUT2D eigenvalue weighted by molar-refractivity contribution is 5.26. The zero-order chi connectivity index (χ0) is 16.4. The van der Waals surface area contributed by atoms with E-state index in [0.717, 1.165) is 31.3 Å². The van der Waals surface area contributed by atoms with Gasteiger partial charge in [-0.3, -0.25) is 4.90 Å². The highest BCUT2D eigenvalue weighted by Gasteiger charge is 2.39. The van der Waals surface area contributed by atoms with Crippen LogP contribution in [0.4, 0.5) is 0 Å². The average molecular weight is 322 g/mol. The Morgan fingerprint density at radius 3 is 2.04 bits per heavy atom. The van der Waals surface area contributed by atoms with Crippen LogP contribution in [0.2, 0.25) is 0 Å². The zero-order valence-corrected chi connectivity index (χ0v) is 14.1. The minimum atomic E-state index is 0.355. The van der Waals surface area contributed by atoms with Crippen LogP contribution in [0.5, 0.6) is 5.75 Å². The number of benzene rings is 2. The Kier molecular flexibility index (Phi) is 4.54. The van der Waals surface area contributed by atoms with Crippen LogP contribution in [0.25, 0.3) is 0 Å². The number of likely N-dealkylation sites (tertiary alicyclic amines) is 2. The van der Waals surface area contributed by atoms with Gasteiger partial charge in [-0.05, 0) is 41.5 Å². The van der Waals surface area contributed by atoms with Crippen LogP contribution in [0, 0.1) is 11.8 Å². The van der Waals surface area contributed by atoms with Crippen molar-refractivity contribution < 1.29 is 5.11 Å². The van der Waals surface area contributed by atoms with E-state index in [2.05, 4.69) is 40.1 Å². The summed E-state index contributed by atoms with van der Waals surface area (Å²) in [5, 5.41) is 9.36. The molecule has 3 nitrogen and oxygen atoms in total. The molecule has 2 heterocycles. The molecule has 0 aliphatic carbocycles. The van der Waals surface area contributed by atoms with Gasteiger partial charge in [0.15, 0.2) is 0 Å². The number of hydrogen-bond donors (Lipinski definition) is 1. The van der Waals surface area contributed by atoms with Gasteiger partial charge in [0.05, 0.1) is 0 Å². The van der Waals surface area contributed by atoms with Crippen LogP contribution >= 0.6 is 0 Å². The summed E-state index contributed by atoms with van der Waals surface area (Å²) < 4.78 is 0. The third-order valence-corrected chi connectivity index (χ3v) is 5.54. The first kappa shape index (κ1) is 15.7. The Hall–Kier alpha value is -1.84. The van der Waals surface area contributed by atoms with E-state index in [9.17, 15) is 5.11 Å². The summed E-state index contributed by atoms with van der Waals surface area (Å²) in [4.78, 5) is 5.25. The Labute approximate surface area is 144 Å². The topological polar surface area (TPSA) is 26.7 Å². The van der Waals surface area contributed by atoms with E-state index in [-0.39, 0.29) is 0 Å². The maximum absolute atomic E-state index is 9.36. The molecule has 0 radical (unpaired) electrons. The molecule has 0 amide bonds. The normalized spacial score (nSPS) is 24.3. The average Bonchev–Trinajstić information content (AvgIpc) is 3.13. The van der Waals surface area contributed by atoms with Gasteiger partial charge in [0.2, 0.25) is 0 Å². The van der Waals surface area contributed by atoms with Gasteiger partial charge < -0.3 is 10.0 Å². The molecule has 3 heteroatoms. The molecule has 0 unspecified atom stereocenters. The van der Waals surface area contributed by atoms with Crippen molar-refractivity contribution in [3.05, 3.63) is 65.7 Å². The molecule has 4 rings (SSSR count). The number of aromatic hydroxyl groups is 1. The van der Waals surface area contributed by atoms with Crippen molar-refractivity contribution in [3.63, 3.8) is 0 Å². The summed E-state index contributed by atoms with van der Waals surface area (Å²) in [6.45, 7) is 7.21. The van der Waals surface area contributed by atoms with Gasteiger partial charge in [-0.2, -0.15) is 0 Å². The van der Waals surface area contributed by atoms with E-state index in [4.69, 9.17) is 0 Å². The van der Waals surface area contributed by atoms with Crippen LogP contribution in [-0.2, 0) is 13.0 Å². The van der Waals surface area contributed by atoms with Gasteiger partial charge in [-0.15, -0.1) is 0 Å². The van der Waals surface area contributed by atoms with Crippen LogP contribution in [0.1, 0.15) is 11.1 Å². The van der Waals surface area contributed by atoms with Crippen molar-refractivity contribution in [3.8, 4) is 5.75 Å². The third-order valence-electron chi connectivity index (χ3n) is 5.54. The Balaban J connectivity index is 1.25. The van der Waals surface area contributed by atoms with Crippen molar-refractivity contribution in [2.75, 3.05) is 32.7 Å². The SMILES string of the molecule is Oc1ccc(CCN2C[C@@H]3CN(Cc4ccccc4)C[C@@H]3C2)cc1. The molecule has 2 aliphatic rings. The van der Waals surface area contributed by atoms with Gasteiger partial charge in [0, 0.05) is 39.3 Å². The fourth-order valence-corrected chi connectivity index (χ4v) is 4.29. The Bertz CT molecular complexity index is 641. The van der Waals surface area contributed by atoms with Gasteiger partial charge in [-0.25, -0.2) is 0 Å². The first-order chi connectivity index (χ1) is 11.8. The van der Waals surface area contributed by atoms with Gasteiger partial charge in [0.25, 0.3) is 0 Å². The predicted octanol–water partition coefficient (Wildman–Crippen LogP) is 3.00. The second kappa shape index (κ2) is 6.96. The number of nitrogens with zero attached hydrogens (tertiary/aromatic N) is 2. The largest absolute Gasteiger partial charge is 0.508 e. The van der Waals surface area contributed by atoms with Crippen LogP contribution < -0.4 is 0 Å². The van der Waals surface area contributed by atoms with Crippen molar-refractivity contribution in [2.45, 2.75) is 13.0 Å². The first-order valence-corrected chi connectivity index (χ1v) is 9.03. The lowest BCUT2D eigenvalue weighted by atomic mass is 10.0. The zero-order valence-electron chi connectivity index (χ0n) is 14.1. The smallest absolute Gasteiger partial charge is 0.115 e. The summed E-state index contributed by atoms with van der Waals surface area (Å²) in [6, 6.07) is 18.5. The predicted molar refractivity (Wildman–Crippen MR) is 96.9 cm³/mol. The maximum atomic E-state index is 9.36. The molecule has 0 aromatic heterocycles.